The summed E-state index contributed by atoms with van der Waals surface area (Å²) < 4.78 is 40.4. The summed E-state index contributed by atoms with van der Waals surface area (Å²) in [5.41, 5.74) is 0.373. The highest BCUT2D eigenvalue weighted by molar-refractivity contribution is 5.94. The zero-order valence-electron chi connectivity index (χ0n) is 13.2. The van der Waals surface area contributed by atoms with E-state index in [1.165, 1.54) is 56.4 Å². The maximum Gasteiger partial charge on any atom is 0.573 e. The van der Waals surface area contributed by atoms with E-state index in [9.17, 15) is 18.0 Å². The lowest BCUT2D eigenvalue weighted by molar-refractivity contribution is -0.274. The molecular weight excluding hydrogens is 319 g/mol. The van der Waals surface area contributed by atoms with Crippen molar-refractivity contribution in [3.63, 3.8) is 0 Å². The Morgan fingerprint density at radius 3 is 2.00 bits per heavy atom. The van der Waals surface area contributed by atoms with Gasteiger partial charge in [0.15, 0.2) is 0 Å². The molecule has 0 aromatic heterocycles. The number of hydrogen-bond acceptors (Lipinski definition) is 2. The van der Waals surface area contributed by atoms with Crippen LogP contribution in [0.15, 0.2) is 24.3 Å². The molecule has 1 aromatic rings. The van der Waals surface area contributed by atoms with Crippen molar-refractivity contribution in [2.24, 2.45) is 23.7 Å². The Kier molecular flexibility index (Phi) is 3.73. The summed E-state index contributed by atoms with van der Waals surface area (Å²) in [7, 11) is 0. The molecule has 130 valence electrons. The fourth-order valence-electron chi connectivity index (χ4n) is 5.20. The minimum absolute atomic E-state index is 0.203. The summed E-state index contributed by atoms with van der Waals surface area (Å²) >= 11 is 0. The average Bonchev–Trinajstić information content (AvgIpc) is 2.49. The predicted octanol–water partition coefficient (Wildman–Crippen LogP) is 4.14. The number of halogens is 3. The van der Waals surface area contributed by atoms with Gasteiger partial charge in [0.2, 0.25) is 0 Å². The second-order valence-corrected chi connectivity index (χ2v) is 7.50. The molecule has 4 saturated carbocycles. The number of benzene rings is 1. The lowest BCUT2D eigenvalue weighted by Crippen LogP contribution is -2.55. The van der Waals surface area contributed by atoms with Crippen LogP contribution in [-0.2, 0) is 0 Å². The molecule has 1 N–H and O–H groups in total. The molecule has 0 atom stereocenters. The monoisotopic (exact) mass is 339 g/mol. The molecule has 4 bridgehead atoms. The third kappa shape index (κ3) is 3.10. The smallest absolute Gasteiger partial charge is 0.406 e. The fourth-order valence-corrected chi connectivity index (χ4v) is 5.20. The van der Waals surface area contributed by atoms with Crippen LogP contribution in [0.2, 0.25) is 0 Å². The second kappa shape index (κ2) is 5.67. The van der Waals surface area contributed by atoms with E-state index in [1.807, 2.05) is 0 Å². The number of carbonyl (C=O) groups is 1. The maximum absolute atomic E-state index is 12.5. The lowest BCUT2D eigenvalue weighted by atomic mass is 9.54. The van der Waals surface area contributed by atoms with Crippen LogP contribution in [0.3, 0.4) is 0 Å². The van der Waals surface area contributed by atoms with Gasteiger partial charge < -0.3 is 10.1 Å². The fraction of sp³-hybridized carbons (Fsp3) is 0.611. The van der Waals surface area contributed by atoms with Gasteiger partial charge in [0, 0.05) is 11.6 Å². The molecule has 0 radical (unpaired) electrons. The van der Waals surface area contributed by atoms with Gasteiger partial charge >= 0.3 is 6.36 Å². The van der Waals surface area contributed by atoms with Crippen molar-refractivity contribution in [1.29, 1.82) is 0 Å². The van der Waals surface area contributed by atoms with E-state index in [2.05, 4.69) is 10.1 Å². The van der Waals surface area contributed by atoms with Gasteiger partial charge in [-0.05, 0) is 80.0 Å². The van der Waals surface area contributed by atoms with E-state index in [0.717, 1.165) is 11.8 Å². The minimum Gasteiger partial charge on any atom is -0.406 e. The molecule has 3 nitrogen and oxygen atoms in total. The number of hydrogen-bond donors (Lipinski definition) is 1. The summed E-state index contributed by atoms with van der Waals surface area (Å²) in [4.78, 5) is 12.5. The van der Waals surface area contributed by atoms with Gasteiger partial charge in [-0.2, -0.15) is 0 Å². The highest BCUT2D eigenvalue weighted by atomic mass is 19.4. The number of carbonyl (C=O) groups excluding carboxylic acids is 1. The summed E-state index contributed by atoms with van der Waals surface area (Å²) in [5.74, 6) is 2.29. The number of nitrogens with one attached hydrogen (secondary N) is 1. The highest BCUT2D eigenvalue weighted by Gasteiger charge is 2.48. The van der Waals surface area contributed by atoms with Crippen molar-refractivity contribution in [2.45, 2.75) is 44.5 Å². The van der Waals surface area contributed by atoms with Crippen LogP contribution in [-0.4, -0.2) is 18.3 Å². The van der Waals surface area contributed by atoms with Crippen molar-refractivity contribution in [1.82, 2.24) is 5.32 Å². The Morgan fingerprint density at radius 1 is 0.958 bits per heavy atom. The molecule has 1 aromatic carbocycles. The van der Waals surface area contributed by atoms with E-state index in [4.69, 9.17) is 0 Å². The largest absolute Gasteiger partial charge is 0.573 e. The molecule has 0 heterocycles. The standard InChI is InChI=1S/C18H20F3NO2/c19-18(20,21)24-15-3-1-12(2-4-15)17(23)22-16-13-6-10-5-11(8-13)9-14(16)7-10/h1-4,10-11,13-14,16H,5-9H2,(H,22,23). The molecule has 5 rings (SSSR count). The predicted molar refractivity (Wildman–Crippen MR) is 81.4 cm³/mol. The van der Waals surface area contributed by atoms with E-state index < -0.39 is 6.36 Å². The molecule has 6 heteroatoms. The Balaban J connectivity index is 1.41. The van der Waals surface area contributed by atoms with Crippen LogP contribution in [0.5, 0.6) is 5.75 Å². The minimum atomic E-state index is -4.72. The number of rotatable bonds is 3. The first-order valence-corrected chi connectivity index (χ1v) is 8.54. The van der Waals surface area contributed by atoms with E-state index in [0.29, 0.717) is 17.4 Å². The first kappa shape index (κ1) is 15.8. The summed E-state index contributed by atoms with van der Waals surface area (Å²) in [6, 6.07) is 5.34. The van der Waals surface area contributed by atoms with Crippen molar-refractivity contribution >= 4 is 5.91 Å². The van der Waals surface area contributed by atoms with Crippen LogP contribution in [0.4, 0.5) is 13.2 Å². The zero-order chi connectivity index (χ0) is 16.9. The molecule has 4 aliphatic carbocycles. The molecular formula is C18H20F3NO2. The maximum atomic E-state index is 12.5. The highest BCUT2D eigenvalue weighted by Crippen LogP contribution is 2.53. The summed E-state index contributed by atoms with van der Waals surface area (Å²) in [5, 5.41) is 3.14. The van der Waals surface area contributed by atoms with Crippen molar-refractivity contribution in [2.75, 3.05) is 0 Å². The van der Waals surface area contributed by atoms with Crippen molar-refractivity contribution in [3.05, 3.63) is 29.8 Å². The molecule has 0 saturated heterocycles. The zero-order valence-corrected chi connectivity index (χ0v) is 13.2. The third-order valence-electron chi connectivity index (χ3n) is 5.87. The molecule has 4 fully saturated rings. The van der Waals surface area contributed by atoms with Crippen LogP contribution >= 0.6 is 0 Å². The van der Waals surface area contributed by atoms with E-state index in [1.54, 1.807) is 0 Å². The van der Waals surface area contributed by atoms with Gasteiger partial charge in [-0.1, -0.05) is 0 Å². The Bertz CT molecular complexity index is 598. The molecule has 24 heavy (non-hydrogen) atoms. The Morgan fingerprint density at radius 2 is 1.50 bits per heavy atom. The molecule has 0 unspecified atom stereocenters. The second-order valence-electron chi connectivity index (χ2n) is 7.50. The van der Waals surface area contributed by atoms with Crippen LogP contribution in [0.25, 0.3) is 0 Å². The summed E-state index contributed by atoms with van der Waals surface area (Å²) in [6.45, 7) is 0. The van der Waals surface area contributed by atoms with Gasteiger partial charge in [0.25, 0.3) is 5.91 Å². The van der Waals surface area contributed by atoms with Crippen molar-refractivity contribution < 1.29 is 22.7 Å². The van der Waals surface area contributed by atoms with Crippen LogP contribution < -0.4 is 10.1 Å². The van der Waals surface area contributed by atoms with Crippen LogP contribution in [0, 0.1) is 23.7 Å². The topological polar surface area (TPSA) is 38.3 Å². The number of amides is 1. The molecule has 1 amide bonds. The number of alkyl halides is 3. The van der Waals surface area contributed by atoms with Crippen molar-refractivity contribution in [3.8, 4) is 5.75 Å². The molecule has 0 spiro atoms. The molecule has 4 aliphatic rings. The van der Waals surface area contributed by atoms with E-state index >= 15 is 0 Å². The Hall–Kier alpha value is -1.72. The van der Waals surface area contributed by atoms with Gasteiger partial charge in [0.05, 0.1) is 0 Å². The first-order valence-electron chi connectivity index (χ1n) is 8.54. The van der Waals surface area contributed by atoms with E-state index in [-0.39, 0.29) is 17.7 Å². The lowest BCUT2D eigenvalue weighted by Gasteiger charge is -2.54. The SMILES string of the molecule is O=C(NC1C2CC3CC(C2)CC1C3)c1ccc(OC(F)(F)F)cc1. The first-order chi connectivity index (χ1) is 11.4. The molecule has 0 aliphatic heterocycles. The van der Waals surface area contributed by atoms with Gasteiger partial charge in [-0.25, -0.2) is 0 Å². The normalized spacial score (nSPS) is 34.2. The van der Waals surface area contributed by atoms with Gasteiger partial charge in [0.1, 0.15) is 5.75 Å². The van der Waals surface area contributed by atoms with Gasteiger partial charge in [-0.15, -0.1) is 13.2 Å². The van der Waals surface area contributed by atoms with Gasteiger partial charge in [-0.3, -0.25) is 4.79 Å². The average molecular weight is 339 g/mol. The third-order valence-corrected chi connectivity index (χ3v) is 5.87. The quantitative estimate of drug-likeness (QED) is 0.899. The summed E-state index contributed by atoms with van der Waals surface area (Å²) in [6.07, 6.45) is 1.46. The Labute approximate surface area is 138 Å². The van der Waals surface area contributed by atoms with Crippen LogP contribution in [0.1, 0.15) is 42.5 Å². The number of ether oxygens (including phenoxy) is 1.